The molecule has 0 saturated carbocycles. The summed E-state index contributed by atoms with van der Waals surface area (Å²) >= 11 is 0. The maximum Gasteiger partial charge on any atom is 0.274 e. The average Bonchev–Trinajstić information content (AvgIpc) is 2.81. The van der Waals surface area contributed by atoms with Crippen LogP contribution in [0.5, 0.6) is 11.6 Å². The first kappa shape index (κ1) is 20.5. The summed E-state index contributed by atoms with van der Waals surface area (Å²) in [6.45, 7) is 0.234. The normalized spacial score (nSPS) is 11.4. The molecule has 2 aromatic heterocycles. The molecule has 4 aromatic rings. The number of fused-ring (bicyclic) bond motifs is 1. The van der Waals surface area contributed by atoms with Crippen molar-refractivity contribution in [2.45, 2.75) is 16.3 Å². The third kappa shape index (κ3) is 3.99. The van der Waals surface area contributed by atoms with Crippen LogP contribution in [-0.2, 0) is 16.4 Å². The van der Waals surface area contributed by atoms with E-state index in [-0.39, 0.29) is 21.9 Å². The van der Waals surface area contributed by atoms with Crippen LogP contribution in [0.2, 0.25) is 0 Å². The number of hydrogen-bond donors (Lipinski definition) is 0. The Morgan fingerprint density at radius 3 is 2.29 bits per heavy atom. The van der Waals surface area contributed by atoms with Crippen LogP contribution in [0.3, 0.4) is 0 Å². The second kappa shape index (κ2) is 8.19. The highest BCUT2D eigenvalue weighted by Gasteiger charge is 2.19. The third-order valence-corrected chi connectivity index (χ3v) is 6.61. The van der Waals surface area contributed by atoms with E-state index >= 15 is 0 Å². The van der Waals surface area contributed by atoms with Gasteiger partial charge in [0.15, 0.2) is 0 Å². The Morgan fingerprint density at radius 2 is 1.65 bits per heavy atom. The van der Waals surface area contributed by atoms with E-state index in [1.54, 1.807) is 30.5 Å². The third-order valence-electron chi connectivity index (χ3n) is 4.84. The Bertz CT molecular complexity index is 1400. The number of ether oxygens (including phenoxy) is 2. The van der Waals surface area contributed by atoms with E-state index in [1.165, 1.54) is 55.4 Å². The zero-order valence-corrected chi connectivity index (χ0v) is 17.7. The van der Waals surface area contributed by atoms with Gasteiger partial charge in [0.2, 0.25) is 15.7 Å². The average molecular weight is 437 g/mol. The SMILES string of the molecule is COc1ccc(S(=O)(=O)c2ccc3c(=O)n(Cc4ccc(OC)nc4)ncc3c2)cc1. The highest BCUT2D eigenvalue weighted by molar-refractivity contribution is 7.91. The minimum atomic E-state index is -3.75. The van der Waals surface area contributed by atoms with Crippen molar-refractivity contribution in [3.8, 4) is 11.6 Å². The molecule has 0 fully saturated rings. The fourth-order valence-corrected chi connectivity index (χ4v) is 4.43. The predicted octanol–water partition coefficient (Wildman–Crippen LogP) is 2.69. The zero-order chi connectivity index (χ0) is 22.0. The van der Waals surface area contributed by atoms with E-state index in [4.69, 9.17) is 9.47 Å². The van der Waals surface area contributed by atoms with Gasteiger partial charge in [-0.15, -0.1) is 0 Å². The van der Waals surface area contributed by atoms with E-state index in [0.717, 1.165) is 5.56 Å². The molecule has 0 amide bonds. The molecule has 9 heteroatoms. The van der Waals surface area contributed by atoms with Gasteiger partial charge in [-0.2, -0.15) is 5.10 Å². The number of methoxy groups -OCH3 is 2. The van der Waals surface area contributed by atoms with E-state index in [0.29, 0.717) is 22.4 Å². The molecule has 0 radical (unpaired) electrons. The van der Waals surface area contributed by atoms with Crippen LogP contribution in [-0.4, -0.2) is 37.4 Å². The Hall–Kier alpha value is -3.72. The molecule has 158 valence electrons. The highest BCUT2D eigenvalue weighted by Crippen LogP contribution is 2.25. The predicted molar refractivity (Wildman–Crippen MR) is 114 cm³/mol. The van der Waals surface area contributed by atoms with E-state index < -0.39 is 9.84 Å². The second-order valence-electron chi connectivity index (χ2n) is 6.74. The van der Waals surface area contributed by atoms with Gasteiger partial charge in [-0.1, -0.05) is 6.07 Å². The van der Waals surface area contributed by atoms with Gasteiger partial charge in [0.25, 0.3) is 5.56 Å². The van der Waals surface area contributed by atoms with Crippen molar-refractivity contribution in [1.82, 2.24) is 14.8 Å². The quantitative estimate of drug-likeness (QED) is 0.457. The van der Waals surface area contributed by atoms with Crippen LogP contribution in [0.4, 0.5) is 0 Å². The van der Waals surface area contributed by atoms with Gasteiger partial charge >= 0.3 is 0 Å². The Labute approximate surface area is 178 Å². The Morgan fingerprint density at radius 1 is 0.903 bits per heavy atom. The maximum absolute atomic E-state index is 13.0. The van der Waals surface area contributed by atoms with E-state index in [2.05, 4.69) is 10.1 Å². The molecule has 0 atom stereocenters. The van der Waals surface area contributed by atoms with Crippen molar-refractivity contribution in [2.24, 2.45) is 0 Å². The van der Waals surface area contributed by atoms with Crippen LogP contribution >= 0.6 is 0 Å². The van der Waals surface area contributed by atoms with Gasteiger partial charge < -0.3 is 9.47 Å². The summed E-state index contributed by atoms with van der Waals surface area (Å²) in [4.78, 5) is 17.2. The Kier molecular flexibility index (Phi) is 5.43. The number of pyridine rings is 1. The van der Waals surface area contributed by atoms with Gasteiger partial charge in [0.05, 0.1) is 42.1 Å². The monoisotopic (exact) mass is 437 g/mol. The van der Waals surface area contributed by atoms with Crippen LogP contribution in [0.15, 0.2) is 81.6 Å². The standard InChI is InChI=1S/C22H19N3O5S/c1-29-17-4-6-18(7-5-17)31(27,28)19-8-9-20-16(11-19)13-24-25(22(20)26)14-15-3-10-21(30-2)23-12-15/h3-13H,14H2,1-2H3. The van der Waals surface area contributed by atoms with Gasteiger partial charge in [-0.05, 0) is 48.0 Å². The molecule has 4 rings (SSSR count). The first-order valence-electron chi connectivity index (χ1n) is 9.30. The maximum atomic E-state index is 13.0. The molecular weight excluding hydrogens is 418 g/mol. The molecule has 0 aliphatic heterocycles. The molecule has 0 aliphatic rings. The molecule has 0 N–H and O–H groups in total. The van der Waals surface area contributed by atoms with Crippen molar-refractivity contribution < 1.29 is 17.9 Å². The van der Waals surface area contributed by atoms with E-state index in [9.17, 15) is 13.2 Å². The van der Waals surface area contributed by atoms with E-state index in [1.807, 2.05) is 0 Å². The molecule has 0 saturated heterocycles. The molecule has 0 aliphatic carbocycles. The summed E-state index contributed by atoms with van der Waals surface area (Å²) in [7, 11) is -0.706. The van der Waals surface area contributed by atoms with Crippen molar-refractivity contribution in [2.75, 3.05) is 14.2 Å². The van der Waals surface area contributed by atoms with Gasteiger partial charge in [-0.3, -0.25) is 4.79 Å². The van der Waals surface area contributed by atoms with Crippen molar-refractivity contribution >= 4 is 20.6 Å². The van der Waals surface area contributed by atoms with Gasteiger partial charge in [-0.25, -0.2) is 18.1 Å². The van der Waals surface area contributed by atoms with Crippen molar-refractivity contribution in [1.29, 1.82) is 0 Å². The minimum Gasteiger partial charge on any atom is -0.497 e. The highest BCUT2D eigenvalue weighted by atomic mass is 32.2. The fourth-order valence-electron chi connectivity index (χ4n) is 3.13. The second-order valence-corrected chi connectivity index (χ2v) is 8.69. The Balaban J connectivity index is 1.68. The molecular formula is C22H19N3O5S. The summed E-state index contributed by atoms with van der Waals surface area (Å²) in [6.07, 6.45) is 3.10. The number of rotatable bonds is 6. The molecule has 8 nitrogen and oxygen atoms in total. The number of aromatic nitrogens is 3. The lowest BCUT2D eigenvalue weighted by atomic mass is 10.2. The number of hydrogen-bond acceptors (Lipinski definition) is 7. The van der Waals surface area contributed by atoms with Crippen LogP contribution in [0.1, 0.15) is 5.56 Å². The fraction of sp³-hybridized carbons (Fsp3) is 0.136. The van der Waals surface area contributed by atoms with Crippen LogP contribution < -0.4 is 15.0 Å². The van der Waals surface area contributed by atoms with Gasteiger partial charge in [0, 0.05) is 17.6 Å². The summed E-state index contributed by atoms with van der Waals surface area (Å²) in [5, 5.41) is 5.02. The lowest BCUT2D eigenvalue weighted by Crippen LogP contribution is -2.23. The molecule has 2 aromatic carbocycles. The van der Waals surface area contributed by atoms with Crippen molar-refractivity contribution in [3.05, 3.63) is 82.9 Å². The molecule has 0 spiro atoms. The zero-order valence-electron chi connectivity index (χ0n) is 16.8. The summed E-state index contributed by atoms with van der Waals surface area (Å²) in [5.41, 5.74) is 0.468. The first-order valence-corrected chi connectivity index (χ1v) is 10.8. The first-order chi connectivity index (χ1) is 14.9. The van der Waals surface area contributed by atoms with Gasteiger partial charge in [0.1, 0.15) is 5.75 Å². The minimum absolute atomic E-state index is 0.0865. The lowest BCUT2D eigenvalue weighted by Gasteiger charge is -2.09. The molecule has 0 bridgehead atoms. The summed E-state index contributed by atoms with van der Waals surface area (Å²) in [6, 6.07) is 14.1. The van der Waals surface area contributed by atoms with Crippen LogP contribution in [0.25, 0.3) is 10.8 Å². The van der Waals surface area contributed by atoms with Crippen LogP contribution in [0, 0.1) is 0 Å². The molecule has 0 unspecified atom stereocenters. The number of sulfone groups is 1. The largest absolute Gasteiger partial charge is 0.497 e. The smallest absolute Gasteiger partial charge is 0.274 e. The summed E-state index contributed by atoms with van der Waals surface area (Å²) in [5.74, 6) is 1.04. The summed E-state index contributed by atoms with van der Waals surface area (Å²) < 4.78 is 37.3. The molecule has 2 heterocycles. The van der Waals surface area contributed by atoms with Crippen molar-refractivity contribution in [3.63, 3.8) is 0 Å². The number of nitrogens with zero attached hydrogens (tertiary/aromatic N) is 3. The molecule has 31 heavy (non-hydrogen) atoms. The number of benzene rings is 2. The lowest BCUT2D eigenvalue weighted by molar-refractivity contribution is 0.397. The topological polar surface area (TPSA) is 100 Å².